The molecular weight excluding hydrogens is 1250 g/mol. The summed E-state index contributed by atoms with van der Waals surface area (Å²) >= 11 is 9.87. The minimum atomic E-state index is -0.855. The summed E-state index contributed by atoms with van der Waals surface area (Å²) < 4.78 is 63.9. The van der Waals surface area contributed by atoms with Crippen LogP contribution in [-0.2, 0) is 6.42 Å². The summed E-state index contributed by atoms with van der Waals surface area (Å²) in [6.45, 7) is 15.7. The van der Waals surface area contributed by atoms with E-state index in [1.54, 1.807) is 95.5 Å². The molecule has 4 aromatic heterocycles. The van der Waals surface area contributed by atoms with Crippen molar-refractivity contribution in [3.05, 3.63) is 339 Å². The van der Waals surface area contributed by atoms with E-state index in [4.69, 9.17) is 5.11 Å². The van der Waals surface area contributed by atoms with E-state index in [0.717, 1.165) is 66.9 Å². The van der Waals surface area contributed by atoms with E-state index in [9.17, 15) is 31.5 Å². The first kappa shape index (κ1) is 68.9. The molecule has 0 aliphatic rings. The van der Waals surface area contributed by atoms with Crippen LogP contribution in [0, 0.1) is 84.5 Å². The number of carboxylic acid groups (broad SMARTS) is 1. The number of aryl methyl sites for hydroxylation is 8. The van der Waals surface area contributed by atoms with Gasteiger partial charge in [0.1, 0.15) is 29.1 Å². The predicted molar refractivity (Wildman–Crippen MR) is 364 cm³/mol. The van der Waals surface area contributed by atoms with E-state index in [0.29, 0.717) is 10.4 Å². The summed E-state index contributed by atoms with van der Waals surface area (Å²) in [5.41, 5.74) is 14.2. The molecule has 88 heavy (non-hydrogen) atoms. The van der Waals surface area contributed by atoms with Crippen LogP contribution in [0.25, 0.3) is 31.3 Å². The van der Waals surface area contributed by atoms with Gasteiger partial charge in [0.15, 0.2) is 0 Å². The van der Waals surface area contributed by atoms with E-state index >= 15 is 0 Å². The van der Waals surface area contributed by atoms with Crippen molar-refractivity contribution in [2.24, 2.45) is 0 Å². The van der Waals surface area contributed by atoms with Gasteiger partial charge in [0.25, 0.3) is 0 Å². The third kappa shape index (κ3) is 23.2. The zero-order valence-corrected chi connectivity index (χ0v) is 54.7. The van der Waals surface area contributed by atoms with Crippen LogP contribution in [0.1, 0.15) is 80.5 Å². The fourth-order valence-electron chi connectivity index (χ4n) is 8.11. The minimum absolute atomic E-state index is 0.0413. The van der Waals surface area contributed by atoms with Crippen molar-refractivity contribution < 1.29 is 36.6 Å². The number of carboxylic acids is 1. The molecule has 450 valence electrons. The van der Waals surface area contributed by atoms with E-state index in [-0.39, 0.29) is 34.9 Å². The molecule has 12 aromatic rings. The Morgan fingerprint density at radius 3 is 1.18 bits per heavy atom. The third-order valence-electron chi connectivity index (χ3n) is 13.0. The number of ketones is 1. The summed E-state index contributed by atoms with van der Waals surface area (Å²) in [4.78, 5) is 28.6. The number of hydrogen-bond donors (Lipinski definition) is 1. The van der Waals surface area contributed by atoms with Gasteiger partial charge in [-0.05, 0) is 230 Å². The van der Waals surface area contributed by atoms with Crippen LogP contribution in [0.4, 0.5) is 22.0 Å². The number of hydrogen-bond acceptors (Lipinski definition) is 6. The number of rotatable bonds is 8. The Morgan fingerprint density at radius 2 is 0.773 bits per heavy atom. The highest BCUT2D eigenvalue weighted by atomic mass is 79.9. The molecule has 0 radical (unpaired) electrons. The average Bonchev–Trinajstić information content (AvgIpc) is 3.65. The van der Waals surface area contributed by atoms with Crippen LogP contribution < -0.4 is 0 Å². The Labute approximate surface area is 537 Å². The molecule has 0 fully saturated rings. The summed E-state index contributed by atoms with van der Waals surface area (Å²) in [5.74, 6) is -1.79. The molecule has 0 saturated heterocycles. The molecule has 0 aliphatic heterocycles. The van der Waals surface area contributed by atoms with Gasteiger partial charge >= 0.3 is 5.97 Å². The molecule has 0 atom stereocenters. The maximum absolute atomic E-state index is 13.0. The van der Waals surface area contributed by atoms with Gasteiger partial charge in [-0.25, -0.2) is 26.7 Å². The largest absolute Gasteiger partial charge is 0.478 e. The smallest absolute Gasteiger partial charge is 0.335 e. The van der Waals surface area contributed by atoms with E-state index in [1.165, 1.54) is 107 Å². The van der Waals surface area contributed by atoms with Crippen molar-refractivity contribution in [3.8, 4) is 31.3 Å². The molecule has 3 nitrogen and oxygen atoms in total. The summed E-state index contributed by atoms with van der Waals surface area (Å²) in [6, 6.07) is 66.3. The zero-order chi connectivity index (χ0) is 63.7. The molecule has 0 bridgehead atoms. The number of halogens is 6. The van der Waals surface area contributed by atoms with Gasteiger partial charge in [-0.15, -0.1) is 45.3 Å². The van der Waals surface area contributed by atoms with Crippen molar-refractivity contribution in [3.63, 3.8) is 0 Å². The molecule has 1 N–H and O–H groups in total. The molecule has 12 rings (SSSR count). The molecule has 0 spiro atoms. The van der Waals surface area contributed by atoms with Gasteiger partial charge in [-0.2, -0.15) is 0 Å². The quantitative estimate of drug-likeness (QED) is 0.122. The van der Waals surface area contributed by atoms with Crippen LogP contribution in [0.5, 0.6) is 0 Å². The van der Waals surface area contributed by atoms with Gasteiger partial charge < -0.3 is 5.11 Å². The van der Waals surface area contributed by atoms with Crippen molar-refractivity contribution in [1.82, 2.24) is 0 Å². The maximum atomic E-state index is 13.0. The fraction of sp³-hybridized carbons (Fsp3) is 0.120. The lowest BCUT2D eigenvalue weighted by Gasteiger charge is -2.05. The van der Waals surface area contributed by atoms with Crippen molar-refractivity contribution >= 4 is 73.0 Å². The molecule has 8 aromatic carbocycles. The molecule has 0 aliphatic carbocycles. The monoisotopic (exact) mass is 1320 g/mol. The second-order valence-electron chi connectivity index (χ2n) is 20.3. The van der Waals surface area contributed by atoms with Gasteiger partial charge in [0, 0.05) is 31.5 Å². The fourth-order valence-corrected chi connectivity index (χ4v) is 11.8. The molecule has 0 saturated carbocycles. The Balaban J connectivity index is 0.000000172. The van der Waals surface area contributed by atoms with Crippen LogP contribution in [0.15, 0.2) is 239 Å². The summed E-state index contributed by atoms with van der Waals surface area (Å²) in [5, 5.41) is 12.7. The van der Waals surface area contributed by atoms with E-state index in [1.807, 2.05) is 124 Å². The summed E-state index contributed by atoms with van der Waals surface area (Å²) in [6.07, 6.45) is 0.958. The van der Waals surface area contributed by atoms with Gasteiger partial charge in [-0.1, -0.05) is 143 Å². The lowest BCUT2D eigenvalue weighted by Crippen LogP contribution is -2.01. The van der Waals surface area contributed by atoms with Crippen molar-refractivity contribution in [2.45, 2.75) is 61.8 Å². The molecule has 4 heterocycles. The number of carbonyl (C=O) groups is 2. The minimum Gasteiger partial charge on any atom is -0.478 e. The van der Waals surface area contributed by atoms with Gasteiger partial charge in [0.2, 0.25) is 5.78 Å². The average molecular weight is 1320 g/mol. The number of carbonyl (C=O) groups excluding carboxylic acids is 1. The van der Waals surface area contributed by atoms with Crippen LogP contribution in [0.2, 0.25) is 0 Å². The highest BCUT2D eigenvalue weighted by Gasteiger charge is 2.15. The first-order valence-corrected chi connectivity index (χ1v) is 31.9. The second-order valence-corrected chi connectivity index (χ2v) is 25.8. The predicted octanol–water partition coefficient (Wildman–Crippen LogP) is 23.5. The van der Waals surface area contributed by atoms with Crippen LogP contribution in [0.3, 0.4) is 0 Å². The highest BCUT2D eigenvalue weighted by Crippen LogP contribution is 2.32. The van der Waals surface area contributed by atoms with Gasteiger partial charge in [-0.3, -0.25) is 4.79 Å². The van der Waals surface area contributed by atoms with Crippen LogP contribution >= 0.6 is 61.3 Å². The van der Waals surface area contributed by atoms with Crippen molar-refractivity contribution in [2.75, 3.05) is 0 Å². The molecule has 13 heteroatoms. The number of benzene rings is 8. The first-order chi connectivity index (χ1) is 42.1. The lowest BCUT2D eigenvalue weighted by atomic mass is 10.0. The Hall–Kier alpha value is -8.17. The second kappa shape index (κ2) is 35.0. The molecule has 0 unspecified atom stereocenters. The summed E-state index contributed by atoms with van der Waals surface area (Å²) in [7, 11) is 0. The topological polar surface area (TPSA) is 54.4 Å². The van der Waals surface area contributed by atoms with Crippen LogP contribution in [-0.4, -0.2) is 16.9 Å². The first-order valence-electron chi connectivity index (χ1n) is 27.7. The highest BCUT2D eigenvalue weighted by molar-refractivity contribution is 9.11. The molecular formula is C75H66BrF5O3S4. The third-order valence-corrected chi connectivity index (χ3v) is 17.7. The normalized spacial score (nSPS) is 10.1. The van der Waals surface area contributed by atoms with Crippen molar-refractivity contribution in [1.29, 1.82) is 0 Å². The lowest BCUT2D eigenvalue weighted by molar-refractivity contribution is 0.0695. The van der Waals surface area contributed by atoms with E-state index in [2.05, 4.69) is 60.1 Å². The number of aromatic carboxylic acids is 1. The maximum Gasteiger partial charge on any atom is 0.335 e. The Bertz CT molecular complexity index is 3980. The number of thiophene rings is 4. The Morgan fingerprint density at radius 1 is 0.386 bits per heavy atom. The SMILES string of the molecule is Brc1cccs1.Cc1ccc(C)c(C(=O)O)c1.Cc1ccc(C)c(C(=O)c2ccc(-c3ccc(F)cc3)s2)c1.Cc1ccc(C)c(Cc2ccc(-c3ccc(F)cc3)s2)c1.Cc1ccc(F)cc1.Cc1ccc(F)cc1.Fc1ccc(-c2cccs2)cc1. The standard InChI is InChI=1S/C19H15FOS.C19H17FS.C10H7FS.C9H10O2.2C7H7F.C4H3BrS/c1-12-3-4-13(2)16(11-12)19(21)18-10-9-17(22-18)14-5-7-15(20)8-6-14;1-13-3-4-14(2)16(11-13)12-18-9-10-19(21-18)15-5-7-17(20)8-6-15;11-9-5-3-8(4-6-9)10-2-1-7-12-10;1-6-3-4-7(2)8(5-6)9(10)11;2*1-6-2-4-7(8)5-3-6;5-4-2-1-3-6-4/h3-11H,1-2H3;3-11H,12H2,1-2H3;1-7H;3-5H,1-2H3,(H,10,11);2*2-5H,1H3;1-3H. The zero-order valence-electron chi connectivity index (χ0n) is 49.9. The molecule has 0 amide bonds. The van der Waals surface area contributed by atoms with Gasteiger partial charge in [0.05, 0.1) is 14.2 Å². The van der Waals surface area contributed by atoms with E-state index < -0.39 is 5.97 Å². The Kier molecular flexibility index (Phi) is 27.4.